The molecule has 2 aromatic carbocycles. The normalized spacial score (nSPS) is 19.1. The molecule has 1 aliphatic heterocycles. The van der Waals surface area contributed by atoms with Crippen molar-refractivity contribution in [3.63, 3.8) is 0 Å². The van der Waals surface area contributed by atoms with E-state index in [0.29, 0.717) is 11.8 Å². The molecule has 0 bridgehead atoms. The van der Waals surface area contributed by atoms with Crippen LogP contribution in [0.3, 0.4) is 0 Å². The summed E-state index contributed by atoms with van der Waals surface area (Å²) >= 11 is 0. The fourth-order valence-electron chi connectivity index (χ4n) is 3.57. The number of methoxy groups -OCH3 is 1. The second-order valence-corrected chi connectivity index (χ2v) is 5.49. The van der Waals surface area contributed by atoms with Gasteiger partial charge in [-0.05, 0) is 47.7 Å². The second-order valence-electron chi connectivity index (χ2n) is 5.49. The molecule has 0 radical (unpaired) electrons. The lowest BCUT2D eigenvalue weighted by Crippen LogP contribution is -2.33. The van der Waals surface area contributed by atoms with Gasteiger partial charge in [-0.3, -0.25) is 0 Å². The summed E-state index contributed by atoms with van der Waals surface area (Å²) in [5.41, 5.74) is 5.94. The summed E-state index contributed by atoms with van der Waals surface area (Å²) in [6, 6.07) is 10.6. The zero-order chi connectivity index (χ0) is 13.7. The molecule has 102 valence electrons. The minimum absolute atomic E-state index is 0.270. The third-order valence-electron chi connectivity index (χ3n) is 4.46. The molecule has 4 rings (SSSR count). The Kier molecular flexibility index (Phi) is 2.51. The maximum absolute atomic E-state index is 10.6. The SMILES string of the molecule is COc1cc2c3c(c1O)-c1ccccc1CC3NCC2. The van der Waals surface area contributed by atoms with E-state index < -0.39 is 0 Å². The number of hydrogen-bond donors (Lipinski definition) is 2. The van der Waals surface area contributed by atoms with E-state index in [4.69, 9.17) is 4.74 Å². The molecule has 0 fully saturated rings. The smallest absolute Gasteiger partial charge is 0.166 e. The standard InChI is InChI=1S/C17H17NO2/c1-20-14-9-11-6-7-18-13-8-10-4-2-3-5-12(10)16(15(11)13)17(14)19/h2-5,9,13,18-19H,6-8H2,1H3. The van der Waals surface area contributed by atoms with Gasteiger partial charge < -0.3 is 15.2 Å². The van der Waals surface area contributed by atoms with Gasteiger partial charge in [-0.1, -0.05) is 24.3 Å². The third kappa shape index (κ3) is 1.50. The minimum atomic E-state index is 0.270. The average molecular weight is 267 g/mol. The molecule has 1 heterocycles. The summed E-state index contributed by atoms with van der Waals surface area (Å²) in [5, 5.41) is 14.2. The third-order valence-corrected chi connectivity index (χ3v) is 4.46. The fraction of sp³-hybridized carbons (Fsp3) is 0.294. The Morgan fingerprint density at radius 2 is 2.10 bits per heavy atom. The summed E-state index contributed by atoms with van der Waals surface area (Å²) in [6.45, 7) is 0.979. The Bertz CT molecular complexity index is 694. The minimum Gasteiger partial charge on any atom is -0.504 e. The van der Waals surface area contributed by atoms with Crippen LogP contribution < -0.4 is 10.1 Å². The van der Waals surface area contributed by atoms with Crippen molar-refractivity contribution in [1.82, 2.24) is 5.32 Å². The van der Waals surface area contributed by atoms with Gasteiger partial charge in [0.05, 0.1) is 7.11 Å². The van der Waals surface area contributed by atoms with Crippen LogP contribution in [-0.2, 0) is 12.8 Å². The van der Waals surface area contributed by atoms with Crippen molar-refractivity contribution in [2.45, 2.75) is 18.9 Å². The highest BCUT2D eigenvalue weighted by Crippen LogP contribution is 2.49. The fourth-order valence-corrected chi connectivity index (χ4v) is 3.57. The van der Waals surface area contributed by atoms with E-state index in [1.165, 1.54) is 16.7 Å². The van der Waals surface area contributed by atoms with E-state index in [0.717, 1.165) is 30.5 Å². The lowest BCUT2D eigenvalue weighted by Gasteiger charge is -2.35. The van der Waals surface area contributed by atoms with Gasteiger partial charge in [0.1, 0.15) is 0 Å². The van der Waals surface area contributed by atoms with Crippen LogP contribution in [0.25, 0.3) is 11.1 Å². The van der Waals surface area contributed by atoms with E-state index in [9.17, 15) is 5.11 Å². The second kappa shape index (κ2) is 4.25. The first-order valence-corrected chi connectivity index (χ1v) is 7.04. The number of hydrogen-bond acceptors (Lipinski definition) is 3. The molecule has 2 N–H and O–H groups in total. The van der Waals surface area contributed by atoms with Gasteiger partial charge in [-0.25, -0.2) is 0 Å². The molecule has 1 aliphatic carbocycles. The van der Waals surface area contributed by atoms with E-state index in [-0.39, 0.29) is 5.75 Å². The topological polar surface area (TPSA) is 41.5 Å². The van der Waals surface area contributed by atoms with E-state index in [1.54, 1.807) is 7.11 Å². The van der Waals surface area contributed by atoms with Gasteiger partial charge in [-0.2, -0.15) is 0 Å². The average Bonchev–Trinajstić information content (AvgIpc) is 2.49. The maximum Gasteiger partial charge on any atom is 0.166 e. The van der Waals surface area contributed by atoms with E-state index >= 15 is 0 Å². The van der Waals surface area contributed by atoms with Crippen LogP contribution >= 0.6 is 0 Å². The van der Waals surface area contributed by atoms with Crippen molar-refractivity contribution < 1.29 is 9.84 Å². The molecule has 3 nitrogen and oxygen atoms in total. The number of phenols is 1. The number of benzene rings is 2. The zero-order valence-electron chi connectivity index (χ0n) is 11.4. The number of fused-ring (bicyclic) bond motifs is 2. The summed E-state index contributed by atoms with van der Waals surface area (Å²) in [5.74, 6) is 0.850. The number of rotatable bonds is 1. The first kappa shape index (κ1) is 11.8. The Morgan fingerprint density at radius 1 is 1.25 bits per heavy atom. The van der Waals surface area contributed by atoms with Crippen LogP contribution in [0, 0.1) is 0 Å². The summed E-state index contributed by atoms with van der Waals surface area (Å²) < 4.78 is 5.36. The number of phenolic OH excluding ortho intramolecular Hbond substituents is 1. The molecule has 0 spiro atoms. The van der Waals surface area contributed by atoms with E-state index in [2.05, 4.69) is 23.5 Å². The first-order valence-electron chi connectivity index (χ1n) is 7.04. The van der Waals surface area contributed by atoms with Gasteiger partial charge in [0.15, 0.2) is 11.5 Å². The Labute approximate surface area is 118 Å². The van der Waals surface area contributed by atoms with Crippen molar-refractivity contribution >= 4 is 0 Å². The van der Waals surface area contributed by atoms with Crippen LogP contribution in [-0.4, -0.2) is 18.8 Å². The molecule has 2 aliphatic rings. The van der Waals surface area contributed by atoms with Crippen LogP contribution in [0.1, 0.15) is 22.7 Å². The van der Waals surface area contributed by atoms with Crippen LogP contribution in [0.4, 0.5) is 0 Å². The molecular weight excluding hydrogens is 250 g/mol. The van der Waals surface area contributed by atoms with Crippen molar-refractivity contribution in [3.05, 3.63) is 47.0 Å². The van der Waals surface area contributed by atoms with Gasteiger partial charge in [0, 0.05) is 11.6 Å². The van der Waals surface area contributed by atoms with Crippen molar-refractivity contribution in [2.24, 2.45) is 0 Å². The van der Waals surface area contributed by atoms with Crippen molar-refractivity contribution in [3.8, 4) is 22.6 Å². The number of aromatic hydroxyl groups is 1. The van der Waals surface area contributed by atoms with Crippen molar-refractivity contribution in [1.29, 1.82) is 0 Å². The predicted octanol–water partition coefficient (Wildman–Crippen LogP) is 2.81. The zero-order valence-corrected chi connectivity index (χ0v) is 11.4. The lowest BCUT2D eigenvalue weighted by molar-refractivity contribution is 0.370. The summed E-state index contributed by atoms with van der Waals surface area (Å²) in [7, 11) is 1.61. The molecule has 0 amide bonds. The Morgan fingerprint density at radius 3 is 2.95 bits per heavy atom. The molecule has 20 heavy (non-hydrogen) atoms. The molecule has 0 saturated heterocycles. The highest BCUT2D eigenvalue weighted by atomic mass is 16.5. The molecule has 0 aromatic heterocycles. The van der Waals surface area contributed by atoms with Gasteiger partial charge in [-0.15, -0.1) is 0 Å². The monoisotopic (exact) mass is 267 g/mol. The largest absolute Gasteiger partial charge is 0.504 e. The van der Waals surface area contributed by atoms with Crippen LogP contribution in [0.5, 0.6) is 11.5 Å². The predicted molar refractivity (Wildman–Crippen MR) is 78.2 cm³/mol. The quantitative estimate of drug-likeness (QED) is 0.835. The van der Waals surface area contributed by atoms with Gasteiger partial charge in [0.25, 0.3) is 0 Å². The van der Waals surface area contributed by atoms with Crippen molar-refractivity contribution in [2.75, 3.05) is 13.7 Å². The Hall–Kier alpha value is -2.00. The molecular formula is C17H17NO2. The van der Waals surface area contributed by atoms with Gasteiger partial charge >= 0.3 is 0 Å². The van der Waals surface area contributed by atoms with Gasteiger partial charge in [0.2, 0.25) is 0 Å². The molecule has 3 heteroatoms. The highest BCUT2D eigenvalue weighted by Gasteiger charge is 2.32. The molecule has 1 atom stereocenters. The lowest BCUT2D eigenvalue weighted by atomic mass is 9.77. The van der Waals surface area contributed by atoms with E-state index in [1.807, 2.05) is 12.1 Å². The first-order chi connectivity index (χ1) is 9.79. The highest BCUT2D eigenvalue weighted by molar-refractivity contribution is 5.83. The van der Waals surface area contributed by atoms with Crippen LogP contribution in [0.15, 0.2) is 30.3 Å². The summed E-state index contributed by atoms with van der Waals surface area (Å²) in [4.78, 5) is 0. The molecule has 0 saturated carbocycles. The molecule has 1 unspecified atom stereocenters. The Balaban J connectivity index is 2.08. The number of nitrogens with one attached hydrogen (secondary N) is 1. The number of ether oxygens (including phenoxy) is 1. The summed E-state index contributed by atoms with van der Waals surface area (Å²) in [6.07, 6.45) is 1.97. The van der Waals surface area contributed by atoms with Crippen LogP contribution in [0.2, 0.25) is 0 Å². The maximum atomic E-state index is 10.6. The molecule has 2 aromatic rings.